The lowest BCUT2D eigenvalue weighted by atomic mass is 10.1. The topological polar surface area (TPSA) is 32.3 Å². The highest BCUT2D eigenvalue weighted by Gasteiger charge is 2.06. The standard InChI is InChI=1S/C12H17F2NO/c1-2-11(8-16)15-7-9-3-5-10(6-4-9)12(13)14/h3-6,11-12,15-16H,2,7-8H2,1H3/t11-/m0/s1. The van der Waals surface area contributed by atoms with Gasteiger partial charge >= 0.3 is 0 Å². The zero-order valence-corrected chi connectivity index (χ0v) is 9.29. The number of aliphatic hydroxyl groups excluding tert-OH is 1. The molecule has 0 aliphatic rings. The number of benzene rings is 1. The molecule has 1 aromatic carbocycles. The molecule has 0 radical (unpaired) electrons. The number of rotatable bonds is 6. The van der Waals surface area contributed by atoms with E-state index in [1.54, 1.807) is 12.1 Å². The molecule has 0 heterocycles. The van der Waals surface area contributed by atoms with E-state index < -0.39 is 6.43 Å². The van der Waals surface area contributed by atoms with Crippen LogP contribution in [-0.2, 0) is 6.54 Å². The van der Waals surface area contributed by atoms with Crippen molar-refractivity contribution in [1.29, 1.82) is 0 Å². The predicted octanol–water partition coefficient (Wildman–Crippen LogP) is 2.48. The lowest BCUT2D eigenvalue weighted by molar-refractivity contribution is 0.151. The summed E-state index contributed by atoms with van der Waals surface area (Å²) in [5, 5.41) is 12.1. The third kappa shape index (κ3) is 3.87. The van der Waals surface area contributed by atoms with Crippen molar-refractivity contribution in [2.75, 3.05) is 6.61 Å². The van der Waals surface area contributed by atoms with Gasteiger partial charge in [0, 0.05) is 18.2 Å². The molecule has 0 spiro atoms. The molecular weight excluding hydrogens is 212 g/mol. The van der Waals surface area contributed by atoms with Gasteiger partial charge in [-0.25, -0.2) is 8.78 Å². The number of aliphatic hydroxyl groups is 1. The molecule has 1 aromatic rings. The van der Waals surface area contributed by atoms with E-state index in [0.29, 0.717) is 6.54 Å². The van der Waals surface area contributed by atoms with Crippen LogP contribution in [0.1, 0.15) is 30.9 Å². The molecule has 0 unspecified atom stereocenters. The third-order valence-corrected chi connectivity index (χ3v) is 2.54. The first kappa shape index (κ1) is 13.1. The molecule has 0 aliphatic carbocycles. The van der Waals surface area contributed by atoms with Crippen molar-refractivity contribution in [2.24, 2.45) is 0 Å². The first-order valence-corrected chi connectivity index (χ1v) is 5.38. The molecule has 1 rings (SSSR count). The summed E-state index contributed by atoms with van der Waals surface area (Å²) >= 11 is 0. The van der Waals surface area contributed by atoms with Crippen molar-refractivity contribution < 1.29 is 13.9 Å². The molecule has 0 saturated heterocycles. The Kier molecular flexibility index (Phi) is 5.35. The highest BCUT2D eigenvalue weighted by molar-refractivity contribution is 5.23. The molecule has 0 saturated carbocycles. The second kappa shape index (κ2) is 6.55. The lowest BCUT2D eigenvalue weighted by Crippen LogP contribution is -2.31. The van der Waals surface area contributed by atoms with Crippen LogP contribution in [0.2, 0.25) is 0 Å². The van der Waals surface area contributed by atoms with Gasteiger partial charge in [0.05, 0.1) is 6.61 Å². The molecule has 1 atom stereocenters. The van der Waals surface area contributed by atoms with Crippen LogP contribution >= 0.6 is 0 Å². The normalized spacial score (nSPS) is 13.1. The van der Waals surface area contributed by atoms with Gasteiger partial charge < -0.3 is 10.4 Å². The lowest BCUT2D eigenvalue weighted by Gasteiger charge is -2.13. The summed E-state index contributed by atoms with van der Waals surface area (Å²) < 4.78 is 24.5. The van der Waals surface area contributed by atoms with Crippen LogP contribution in [-0.4, -0.2) is 17.8 Å². The van der Waals surface area contributed by atoms with Crippen molar-refractivity contribution in [2.45, 2.75) is 32.4 Å². The van der Waals surface area contributed by atoms with E-state index in [1.165, 1.54) is 12.1 Å². The average molecular weight is 229 g/mol. The van der Waals surface area contributed by atoms with Crippen molar-refractivity contribution in [3.8, 4) is 0 Å². The van der Waals surface area contributed by atoms with Crippen molar-refractivity contribution in [3.63, 3.8) is 0 Å². The van der Waals surface area contributed by atoms with Crippen LogP contribution in [0.15, 0.2) is 24.3 Å². The summed E-state index contributed by atoms with van der Waals surface area (Å²) in [5.41, 5.74) is 0.981. The van der Waals surface area contributed by atoms with Gasteiger partial charge in [0.2, 0.25) is 0 Å². The quantitative estimate of drug-likeness (QED) is 0.785. The van der Waals surface area contributed by atoms with E-state index >= 15 is 0 Å². The summed E-state index contributed by atoms with van der Waals surface area (Å²) in [6.07, 6.45) is -1.58. The minimum Gasteiger partial charge on any atom is -0.395 e. The van der Waals surface area contributed by atoms with Gasteiger partial charge in [-0.05, 0) is 12.0 Å². The van der Waals surface area contributed by atoms with Gasteiger partial charge in [-0.15, -0.1) is 0 Å². The van der Waals surface area contributed by atoms with Gasteiger partial charge in [-0.1, -0.05) is 31.2 Å². The molecule has 0 amide bonds. The van der Waals surface area contributed by atoms with Gasteiger partial charge in [-0.2, -0.15) is 0 Å². The van der Waals surface area contributed by atoms with Crippen LogP contribution in [0.3, 0.4) is 0 Å². The van der Waals surface area contributed by atoms with Crippen LogP contribution in [0.5, 0.6) is 0 Å². The van der Waals surface area contributed by atoms with E-state index in [2.05, 4.69) is 5.32 Å². The molecule has 0 bridgehead atoms. The van der Waals surface area contributed by atoms with Crippen LogP contribution in [0.4, 0.5) is 8.78 Å². The van der Waals surface area contributed by atoms with Gasteiger partial charge in [0.15, 0.2) is 0 Å². The number of hydrogen-bond donors (Lipinski definition) is 2. The molecule has 0 aromatic heterocycles. The molecule has 2 N–H and O–H groups in total. The molecular formula is C12H17F2NO. The maximum absolute atomic E-state index is 12.3. The highest BCUT2D eigenvalue weighted by Crippen LogP contribution is 2.18. The summed E-state index contributed by atoms with van der Waals surface area (Å²) in [6, 6.07) is 6.29. The summed E-state index contributed by atoms with van der Waals surface area (Å²) in [4.78, 5) is 0. The Morgan fingerprint density at radius 3 is 2.31 bits per heavy atom. The van der Waals surface area contributed by atoms with Crippen molar-refractivity contribution in [3.05, 3.63) is 35.4 Å². The Labute approximate surface area is 94.3 Å². The number of hydrogen-bond acceptors (Lipinski definition) is 2. The fraction of sp³-hybridized carbons (Fsp3) is 0.500. The second-order valence-corrected chi connectivity index (χ2v) is 3.71. The minimum atomic E-state index is -2.41. The van der Waals surface area contributed by atoms with E-state index in [9.17, 15) is 8.78 Å². The third-order valence-electron chi connectivity index (χ3n) is 2.54. The maximum atomic E-state index is 12.3. The number of halogens is 2. The predicted molar refractivity (Wildman–Crippen MR) is 59.4 cm³/mol. The van der Waals surface area contributed by atoms with Gasteiger partial charge in [0.25, 0.3) is 6.43 Å². The van der Waals surface area contributed by atoms with Crippen LogP contribution < -0.4 is 5.32 Å². The molecule has 90 valence electrons. The van der Waals surface area contributed by atoms with Gasteiger partial charge in [-0.3, -0.25) is 0 Å². The first-order valence-electron chi connectivity index (χ1n) is 5.38. The molecule has 2 nitrogen and oxygen atoms in total. The number of nitrogens with one attached hydrogen (secondary N) is 1. The van der Waals surface area contributed by atoms with E-state index in [0.717, 1.165) is 12.0 Å². The summed E-state index contributed by atoms with van der Waals surface area (Å²) in [6.45, 7) is 2.65. The smallest absolute Gasteiger partial charge is 0.263 e. The average Bonchev–Trinajstić information content (AvgIpc) is 2.31. The van der Waals surface area contributed by atoms with Crippen molar-refractivity contribution in [1.82, 2.24) is 5.32 Å². The summed E-state index contributed by atoms with van der Waals surface area (Å²) in [5.74, 6) is 0. The van der Waals surface area contributed by atoms with E-state index in [4.69, 9.17) is 5.11 Å². The molecule has 16 heavy (non-hydrogen) atoms. The Balaban J connectivity index is 2.49. The van der Waals surface area contributed by atoms with Crippen molar-refractivity contribution >= 4 is 0 Å². The van der Waals surface area contributed by atoms with Crippen LogP contribution in [0, 0.1) is 0 Å². The van der Waals surface area contributed by atoms with E-state index in [1.807, 2.05) is 6.92 Å². The SMILES string of the molecule is CC[C@@H](CO)NCc1ccc(C(F)F)cc1. The minimum absolute atomic E-state index is 0.0398. The first-order chi connectivity index (χ1) is 7.67. The fourth-order valence-electron chi connectivity index (χ4n) is 1.38. The Bertz CT molecular complexity index is 296. The van der Waals surface area contributed by atoms with Gasteiger partial charge in [0.1, 0.15) is 0 Å². The molecule has 4 heteroatoms. The zero-order chi connectivity index (χ0) is 12.0. The Hall–Kier alpha value is -1.00. The Morgan fingerprint density at radius 1 is 1.25 bits per heavy atom. The fourth-order valence-corrected chi connectivity index (χ4v) is 1.38. The zero-order valence-electron chi connectivity index (χ0n) is 9.29. The summed E-state index contributed by atoms with van der Waals surface area (Å²) in [7, 11) is 0. The monoisotopic (exact) mass is 229 g/mol. The second-order valence-electron chi connectivity index (χ2n) is 3.71. The largest absolute Gasteiger partial charge is 0.395 e. The number of alkyl halides is 2. The highest BCUT2D eigenvalue weighted by atomic mass is 19.3. The Morgan fingerprint density at radius 2 is 1.88 bits per heavy atom. The van der Waals surface area contributed by atoms with E-state index in [-0.39, 0.29) is 18.2 Å². The molecule has 0 fully saturated rings. The molecule has 0 aliphatic heterocycles. The van der Waals surface area contributed by atoms with Crippen LogP contribution in [0.25, 0.3) is 0 Å². The maximum Gasteiger partial charge on any atom is 0.263 e.